The molecule has 1 saturated carbocycles. The molecule has 0 spiro atoms. The van der Waals surface area contributed by atoms with E-state index in [4.69, 9.17) is 0 Å². The summed E-state index contributed by atoms with van der Waals surface area (Å²) in [4.78, 5) is 0.932. The van der Waals surface area contributed by atoms with E-state index in [0.29, 0.717) is 6.04 Å². The highest BCUT2D eigenvalue weighted by Gasteiger charge is 2.31. The summed E-state index contributed by atoms with van der Waals surface area (Å²) in [5.41, 5.74) is 0. The molecule has 1 aromatic carbocycles. The first-order valence-corrected chi connectivity index (χ1v) is 7.56. The highest BCUT2D eigenvalue weighted by molar-refractivity contribution is 9.10. The number of nitrogens with one attached hydrogen (secondary N) is 1. The first kappa shape index (κ1) is 12.3. The van der Waals surface area contributed by atoms with Gasteiger partial charge in [-0.05, 0) is 38.1 Å². The van der Waals surface area contributed by atoms with Crippen LogP contribution in [0.1, 0.15) is 19.3 Å². The molecule has 1 aromatic rings. The summed E-state index contributed by atoms with van der Waals surface area (Å²) in [5.74, 6) is 0. The molecule has 0 aliphatic heterocycles. The number of hydrogen-bond acceptors (Lipinski definition) is 2. The molecule has 0 saturated heterocycles. The predicted molar refractivity (Wildman–Crippen MR) is 71.0 cm³/mol. The monoisotopic (exact) mass is 301 g/mol. The molecule has 1 fully saturated rings. The summed E-state index contributed by atoms with van der Waals surface area (Å²) < 4.78 is 13.4. The van der Waals surface area contributed by atoms with Gasteiger partial charge >= 0.3 is 0 Å². The average Bonchev–Trinajstić information content (AvgIpc) is 2.76. The van der Waals surface area contributed by atoms with Crippen LogP contribution in [0.3, 0.4) is 0 Å². The van der Waals surface area contributed by atoms with Gasteiger partial charge in [-0.2, -0.15) is 0 Å². The summed E-state index contributed by atoms with van der Waals surface area (Å²) in [5, 5.41) is 3.54. The van der Waals surface area contributed by atoms with E-state index in [9.17, 15) is 4.21 Å². The number of halogens is 1. The van der Waals surface area contributed by atoms with Crippen molar-refractivity contribution >= 4 is 26.7 Å². The van der Waals surface area contributed by atoms with Crippen LogP contribution in [-0.4, -0.2) is 22.5 Å². The Morgan fingerprint density at radius 3 is 2.94 bits per heavy atom. The van der Waals surface area contributed by atoms with Gasteiger partial charge in [-0.3, -0.25) is 4.21 Å². The Hall–Kier alpha value is -0.190. The fraction of sp³-hybridized carbons (Fsp3) is 0.500. The predicted octanol–water partition coefficient (Wildman–Crippen LogP) is 2.70. The molecule has 1 aliphatic rings. The zero-order valence-electron chi connectivity index (χ0n) is 9.28. The van der Waals surface area contributed by atoms with E-state index in [2.05, 4.69) is 21.2 Å². The molecule has 3 atom stereocenters. The molecule has 1 aliphatic carbocycles. The van der Waals surface area contributed by atoms with Crippen molar-refractivity contribution in [2.45, 2.75) is 35.4 Å². The SMILES string of the molecule is CNC1CCCC1S(=O)c1cccc(Br)c1. The minimum absolute atomic E-state index is 0.263. The van der Waals surface area contributed by atoms with Gasteiger partial charge in [0.2, 0.25) is 0 Å². The molecule has 1 N–H and O–H groups in total. The van der Waals surface area contributed by atoms with E-state index >= 15 is 0 Å². The van der Waals surface area contributed by atoms with Crippen molar-refractivity contribution in [2.24, 2.45) is 0 Å². The normalized spacial score (nSPS) is 26.9. The Morgan fingerprint density at radius 2 is 2.25 bits per heavy atom. The summed E-state index contributed by atoms with van der Waals surface area (Å²) >= 11 is 3.42. The molecule has 0 aromatic heterocycles. The Kier molecular flexibility index (Phi) is 4.16. The number of hydrogen-bond donors (Lipinski definition) is 1. The van der Waals surface area contributed by atoms with E-state index < -0.39 is 10.8 Å². The van der Waals surface area contributed by atoms with Crippen molar-refractivity contribution in [3.05, 3.63) is 28.7 Å². The van der Waals surface area contributed by atoms with Crippen LogP contribution in [0.25, 0.3) is 0 Å². The highest BCUT2D eigenvalue weighted by Crippen LogP contribution is 2.28. The van der Waals surface area contributed by atoms with Crippen LogP contribution in [0, 0.1) is 0 Å². The minimum Gasteiger partial charge on any atom is -0.316 e. The molecular formula is C12H16BrNOS. The molecule has 3 unspecified atom stereocenters. The molecule has 0 radical (unpaired) electrons. The molecule has 0 bridgehead atoms. The quantitative estimate of drug-likeness (QED) is 0.930. The highest BCUT2D eigenvalue weighted by atomic mass is 79.9. The topological polar surface area (TPSA) is 29.1 Å². The van der Waals surface area contributed by atoms with Crippen LogP contribution in [0.2, 0.25) is 0 Å². The summed E-state index contributed by atoms with van der Waals surface area (Å²) in [6.07, 6.45) is 3.38. The number of rotatable bonds is 3. The lowest BCUT2D eigenvalue weighted by Gasteiger charge is -2.18. The third-order valence-corrected chi connectivity index (χ3v) is 5.45. The van der Waals surface area contributed by atoms with E-state index in [1.54, 1.807) is 0 Å². The molecule has 0 heterocycles. The Bertz CT molecular complexity index is 396. The van der Waals surface area contributed by atoms with E-state index in [0.717, 1.165) is 22.2 Å². The van der Waals surface area contributed by atoms with Crippen LogP contribution in [0.15, 0.2) is 33.6 Å². The van der Waals surface area contributed by atoms with Gasteiger partial charge in [0.25, 0.3) is 0 Å². The third kappa shape index (κ3) is 2.55. The fourth-order valence-corrected chi connectivity index (χ4v) is 4.59. The second kappa shape index (κ2) is 5.43. The maximum atomic E-state index is 12.4. The van der Waals surface area contributed by atoms with Crippen molar-refractivity contribution < 1.29 is 4.21 Å². The molecule has 4 heteroatoms. The lowest BCUT2D eigenvalue weighted by atomic mass is 10.2. The van der Waals surface area contributed by atoms with Crippen molar-refractivity contribution in [3.8, 4) is 0 Å². The van der Waals surface area contributed by atoms with Gasteiger partial charge in [-0.1, -0.05) is 28.4 Å². The Balaban J connectivity index is 2.18. The Labute approximate surface area is 107 Å². The summed E-state index contributed by atoms with van der Waals surface area (Å²) in [7, 11) is 1.07. The van der Waals surface area contributed by atoms with Crippen molar-refractivity contribution in [1.29, 1.82) is 0 Å². The standard InChI is InChI=1S/C12H16BrNOS/c1-14-11-6-3-7-12(11)16(15)10-5-2-4-9(13)8-10/h2,4-5,8,11-12,14H,3,6-7H2,1H3. The van der Waals surface area contributed by atoms with Crippen LogP contribution in [0.5, 0.6) is 0 Å². The second-order valence-corrected chi connectivity index (χ2v) is 6.71. The second-order valence-electron chi connectivity index (χ2n) is 4.12. The van der Waals surface area contributed by atoms with Crippen molar-refractivity contribution in [2.75, 3.05) is 7.05 Å². The van der Waals surface area contributed by atoms with Gasteiger partial charge in [0.15, 0.2) is 0 Å². The van der Waals surface area contributed by atoms with Crippen LogP contribution >= 0.6 is 15.9 Å². The average molecular weight is 302 g/mol. The third-order valence-electron chi connectivity index (χ3n) is 3.13. The Morgan fingerprint density at radius 1 is 1.44 bits per heavy atom. The van der Waals surface area contributed by atoms with E-state index in [1.807, 2.05) is 31.3 Å². The minimum atomic E-state index is -0.891. The molecule has 2 nitrogen and oxygen atoms in total. The van der Waals surface area contributed by atoms with Crippen molar-refractivity contribution in [3.63, 3.8) is 0 Å². The molecule has 88 valence electrons. The molecule has 16 heavy (non-hydrogen) atoms. The molecular weight excluding hydrogens is 286 g/mol. The van der Waals surface area contributed by atoms with Gasteiger partial charge in [0.1, 0.15) is 0 Å². The molecule has 0 amide bonds. The molecule has 2 rings (SSSR count). The van der Waals surface area contributed by atoms with Gasteiger partial charge in [0.05, 0.1) is 16.0 Å². The van der Waals surface area contributed by atoms with E-state index in [-0.39, 0.29) is 5.25 Å². The van der Waals surface area contributed by atoms with E-state index in [1.165, 1.54) is 6.42 Å². The van der Waals surface area contributed by atoms with Gasteiger partial charge in [-0.25, -0.2) is 0 Å². The zero-order valence-corrected chi connectivity index (χ0v) is 11.7. The van der Waals surface area contributed by atoms with Gasteiger partial charge in [0, 0.05) is 15.4 Å². The maximum Gasteiger partial charge on any atom is 0.0577 e. The van der Waals surface area contributed by atoms with Crippen LogP contribution in [0.4, 0.5) is 0 Å². The number of benzene rings is 1. The largest absolute Gasteiger partial charge is 0.316 e. The van der Waals surface area contributed by atoms with Crippen LogP contribution < -0.4 is 5.32 Å². The summed E-state index contributed by atoms with van der Waals surface area (Å²) in [6, 6.07) is 8.22. The van der Waals surface area contributed by atoms with Crippen LogP contribution in [-0.2, 0) is 10.8 Å². The summed E-state index contributed by atoms with van der Waals surface area (Å²) in [6.45, 7) is 0. The smallest absolute Gasteiger partial charge is 0.0577 e. The first-order valence-electron chi connectivity index (χ1n) is 5.56. The first-order chi connectivity index (χ1) is 7.72. The van der Waals surface area contributed by atoms with Gasteiger partial charge in [-0.15, -0.1) is 0 Å². The fourth-order valence-electron chi connectivity index (χ4n) is 2.28. The lowest BCUT2D eigenvalue weighted by Crippen LogP contribution is -2.35. The lowest BCUT2D eigenvalue weighted by molar-refractivity contribution is 0.576. The zero-order chi connectivity index (χ0) is 11.5. The maximum absolute atomic E-state index is 12.4. The van der Waals surface area contributed by atoms with Crippen molar-refractivity contribution in [1.82, 2.24) is 5.32 Å². The van der Waals surface area contributed by atoms with Gasteiger partial charge < -0.3 is 5.32 Å².